The lowest BCUT2D eigenvalue weighted by Crippen LogP contribution is -2.25. The van der Waals surface area contributed by atoms with E-state index in [1.54, 1.807) is 44.5 Å². The second kappa shape index (κ2) is 16.8. The van der Waals surface area contributed by atoms with Gasteiger partial charge < -0.3 is 9.13 Å². The lowest BCUT2D eigenvalue weighted by molar-refractivity contribution is 0.112. The maximum atomic E-state index is 15.7. The quantitative estimate of drug-likeness (QED) is 0.134. The van der Waals surface area contributed by atoms with E-state index in [2.05, 4.69) is 0 Å². The summed E-state index contributed by atoms with van der Waals surface area (Å²) in [6.45, 7) is 0. The molecule has 3 aromatic carbocycles. The van der Waals surface area contributed by atoms with Gasteiger partial charge in [0, 0.05) is 87.4 Å². The highest BCUT2D eigenvalue weighted by molar-refractivity contribution is 5.81. The number of carbonyl (C=O) groups is 1. The number of carbonyl (C=O) groups excluding carboxylic acids is 1. The molecule has 0 N–H and O–H groups in total. The Morgan fingerprint density at radius 1 is 0.353 bits per heavy atom. The van der Waals surface area contributed by atoms with Crippen LogP contribution in [0.1, 0.15) is 55.6 Å². The molecule has 8 aliphatic rings. The molecule has 0 spiro atoms. The maximum Gasteiger partial charge on any atom is 0.260 e. The number of rotatable bonds is 9. The average Bonchev–Trinajstić information content (AvgIpc) is 3.65. The van der Waals surface area contributed by atoms with Crippen molar-refractivity contribution in [3.63, 3.8) is 0 Å². The van der Waals surface area contributed by atoms with Gasteiger partial charge in [0.25, 0.3) is 22.2 Å². The van der Waals surface area contributed by atoms with Crippen molar-refractivity contribution in [2.75, 3.05) is 0 Å². The summed E-state index contributed by atoms with van der Waals surface area (Å²) >= 11 is 0. The van der Waals surface area contributed by atoms with Gasteiger partial charge in [0.15, 0.2) is 0 Å². The molecule has 9 nitrogen and oxygen atoms in total. The first kappa shape index (κ1) is 41.7. The molecule has 3 aromatic rings. The molecular weight excluding hydrogens is 845 g/mol. The number of para-hydroxylation sites is 2. The van der Waals surface area contributed by atoms with Crippen LogP contribution in [0.15, 0.2) is 219 Å². The zero-order valence-electron chi connectivity index (χ0n) is 37.1. The van der Waals surface area contributed by atoms with Crippen LogP contribution in [0.5, 0.6) is 0 Å². The Morgan fingerprint density at radius 2 is 0.647 bits per heavy atom. The van der Waals surface area contributed by atoms with E-state index in [-0.39, 0.29) is 27.8 Å². The summed E-state index contributed by atoms with van der Waals surface area (Å²) in [4.78, 5) is 74.8. The van der Waals surface area contributed by atoms with E-state index in [9.17, 15) is 14.4 Å². The number of benzene rings is 3. The Hall–Kier alpha value is -8.95. The molecule has 0 saturated carbocycles. The SMILES string of the molecule is Cn1c2cccccc-2c(C(c2cc(C=O)cc(C(c3c4cccccc-4n(-c4ccccc4)c3=O)c3c4cccccc-4n(-c4ccccc4)c3=O)c2)c2c3cccccc-3n(C)c2=O)c1=O. The third kappa shape index (κ3) is 6.58. The van der Waals surface area contributed by atoms with Crippen molar-refractivity contribution < 1.29 is 4.79 Å². The zero-order valence-corrected chi connectivity index (χ0v) is 37.1. The van der Waals surface area contributed by atoms with Crippen LogP contribution in [0.25, 0.3) is 56.4 Å². The van der Waals surface area contributed by atoms with Gasteiger partial charge >= 0.3 is 0 Å². The van der Waals surface area contributed by atoms with Gasteiger partial charge in [-0.25, -0.2) is 0 Å². The molecule has 0 fully saturated rings. The van der Waals surface area contributed by atoms with Crippen molar-refractivity contribution in [3.05, 3.63) is 281 Å². The van der Waals surface area contributed by atoms with Crippen molar-refractivity contribution in [3.8, 4) is 56.4 Å². The Balaban J connectivity index is 1.30. The minimum absolute atomic E-state index is 0.235. The molecule has 11 rings (SSSR count). The Morgan fingerprint density at radius 3 is 1.00 bits per heavy atom. The molecule has 4 heterocycles. The van der Waals surface area contributed by atoms with Gasteiger partial charge in [-0.3, -0.25) is 33.1 Å². The first-order chi connectivity index (χ1) is 33.3. The van der Waals surface area contributed by atoms with Gasteiger partial charge in [-0.2, -0.15) is 0 Å². The molecule has 0 aromatic heterocycles. The lowest BCUT2D eigenvalue weighted by Gasteiger charge is -2.22. The summed E-state index contributed by atoms with van der Waals surface area (Å²) in [7, 11) is 3.43. The van der Waals surface area contributed by atoms with Crippen molar-refractivity contribution in [1.82, 2.24) is 18.3 Å². The van der Waals surface area contributed by atoms with Crippen LogP contribution in [-0.4, -0.2) is 24.6 Å². The van der Waals surface area contributed by atoms with Gasteiger partial charge in [-0.15, -0.1) is 0 Å². The summed E-state index contributed by atoms with van der Waals surface area (Å²) in [6.07, 6.45) is 0.736. The number of aromatic nitrogens is 4. The number of hydrogen-bond acceptors (Lipinski definition) is 5. The zero-order chi connectivity index (χ0) is 46.6. The van der Waals surface area contributed by atoms with E-state index in [1.807, 2.05) is 188 Å². The summed E-state index contributed by atoms with van der Waals surface area (Å²) in [5, 5.41) is 0. The molecule has 0 atom stereocenters. The van der Waals surface area contributed by atoms with E-state index >= 15 is 9.59 Å². The molecule has 9 heteroatoms. The predicted octanol–water partition coefficient (Wildman–Crippen LogP) is 9.98. The molecule has 0 saturated heterocycles. The van der Waals surface area contributed by atoms with Crippen LogP contribution < -0.4 is 22.2 Å². The van der Waals surface area contributed by atoms with Gasteiger partial charge in [-0.1, -0.05) is 140 Å². The predicted molar refractivity (Wildman–Crippen MR) is 268 cm³/mol. The number of hydrogen-bond donors (Lipinski definition) is 0. The molecular formula is C59H42N4O5. The first-order valence-corrected chi connectivity index (χ1v) is 22.4. The largest absolute Gasteiger partial charge is 0.311 e. The van der Waals surface area contributed by atoms with E-state index < -0.39 is 11.8 Å². The van der Waals surface area contributed by atoms with Gasteiger partial charge in [0.1, 0.15) is 6.29 Å². The Kier molecular flexibility index (Phi) is 10.3. The summed E-state index contributed by atoms with van der Waals surface area (Å²) < 4.78 is 6.52. The van der Waals surface area contributed by atoms with Crippen LogP contribution in [0, 0.1) is 0 Å². The van der Waals surface area contributed by atoms with E-state index in [0.717, 1.165) is 6.29 Å². The van der Waals surface area contributed by atoms with E-state index in [1.165, 1.54) is 0 Å². The topological polar surface area (TPSA) is 105 Å². The highest BCUT2D eigenvalue weighted by Crippen LogP contribution is 2.46. The van der Waals surface area contributed by atoms with E-state index in [0.29, 0.717) is 89.8 Å². The minimum Gasteiger partial charge on any atom is -0.311 e. The molecule has 0 bridgehead atoms. The second-order valence-corrected chi connectivity index (χ2v) is 17.1. The summed E-state index contributed by atoms with van der Waals surface area (Å²) in [5.41, 5.74) is 7.58. The summed E-state index contributed by atoms with van der Waals surface area (Å²) in [5.74, 6) is -2.11. The average molecular weight is 887 g/mol. The molecule has 4 aliphatic carbocycles. The molecule has 68 heavy (non-hydrogen) atoms. The third-order valence-electron chi connectivity index (χ3n) is 13.3. The van der Waals surface area contributed by atoms with Crippen molar-refractivity contribution in [2.45, 2.75) is 11.8 Å². The maximum absolute atomic E-state index is 15.7. The molecule has 4 aliphatic heterocycles. The van der Waals surface area contributed by atoms with Crippen molar-refractivity contribution in [2.24, 2.45) is 14.1 Å². The number of fused-ring (bicyclic) bond motifs is 4. The van der Waals surface area contributed by atoms with E-state index in [4.69, 9.17) is 0 Å². The third-order valence-corrected chi connectivity index (χ3v) is 13.3. The van der Waals surface area contributed by atoms with Crippen LogP contribution in [0.4, 0.5) is 0 Å². The van der Waals surface area contributed by atoms with Gasteiger partial charge in [0.2, 0.25) is 0 Å². The fourth-order valence-electron chi connectivity index (χ4n) is 10.4. The first-order valence-electron chi connectivity index (χ1n) is 22.4. The molecule has 0 amide bonds. The Bertz CT molecular complexity index is 3620. The number of aldehydes is 1. The van der Waals surface area contributed by atoms with Crippen LogP contribution in [0.3, 0.4) is 0 Å². The van der Waals surface area contributed by atoms with Gasteiger partial charge in [-0.05, 0) is 71.8 Å². The fraction of sp³-hybridized carbons (Fsp3) is 0.0678. The Labute approximate surface area is 390 Å². The number of nitrogens with zero attached hydrogens (tertiary/aromatic N) is 4. The molecule has 0 radical (unpaired) electrons. The van der Waals surface area contributed by atoms with Crippen molar-refractivity contribution in [1.29, 1.82) is 0 Å². The second-order valence-electron chi connectivity index (χ2n) is 17.1. The smallest absolute Gasteiger partial charge is 0.260 e. The van der Waals surface area contributed by atoms with Gasteiger partial charge in [0.05, 0.1) is 22.8 Å². The van der Waals surface area contributed by atoms with Crippen LogP contribution >= 0.6 is 0 Å². The standard InChI is InChI=1S/C59H42N4O5/c1-60-46-29-17-5-13-25-42(46)52(56(60)65)50(53-43-26-14-6-18-30-47(43)61(2)57(53)66)38-33-37(36-64)34-39(35-38)51(54-44-27-15-7-19-31-48(44)62(58(54)67)40-21-9-3-10-22-40)55-45-28-16-8-20-32-49(45)63(59(55)68)41-23-11-4-12-24-41/h3-36,50-51H,1-2H3. The molecule has 328 valence electrons. The van der Waals surface area contributed by atoms with Crippen LogP contribution in [0.2, 0.25) is 0 Å². The van der Waals surface area contributed by atoms with Crippen molar-refractivity contribution >= 4 is 6.29 Å². The highest BCUT2D eigenvalue weighted by Gasteiger charge is 2.38. The minimum atomic E-state index is -1.09. The highest BCUT2D eigenvalue weighted by atomic mass is 16.1. The summed E-state index contributed by atoms with van der Waals surface area (Å²) in [6, 6.07) is 61.7. The normalized spacial score (nSPS) is 11.6. The fourth-order valence-corrected chi connectivity index (χ4v) is 10.4. The van der Waals surface area contributed by atoms with Crippen LogP contribution in [-0.2, 0) is 14.1 Å². The molecule has 0 unspecified atom stereocenters. The monoisotopic (exact) mass is 886 g/mol. The lowest BCUT2D eigenvalue weighted by atomic mass is 9.78.